The summed E-state index contributed by atoms with van der Waals surface area (Å²) in [5.41, 5.74) is 3.21. The molecule has 29 heavy (non-hydrogen) atoms. The molecule has 1 aromatic carbocycles. The third-order valence-corrected chi connectivity index (χ3v) is 5.27. The van der Waals surface area contributed by atoms with E-state index in [1.54, 1.807) is 12.4 Å². The summed E-state index contributed by atoms with van der Waals surface area (Å²) in [7, 11) is 0. The normalized spacial score (nSPS) is 19.2. The number of aryl methyl sites for hydroxylation is 2. The summed E-state index contributed by atoms with van der Waals surface area (Å²) < 4.78 is 6.09. The first-order valence-electron chi connectivity index (χ1n) is 9.90. The minimum atomic E-state index is -0.0828. The van der Waals surface area contributed by atoms with Crippen LogP contribution in [0.4, 0.5) is 0 Å². The second-order valence-electron chi connectivity index (χ2n) is 7.58. The standard InChI is InChI=1S/C22H25N5O2/c1-15-7-10-20(27-23-11-12-24-27)19(13-15)22(28)26-14-18(9-8-17(26)3)29-21-6-4-5-16(2)25-21/h4-7,10-13,17-18H,8-9,14H2,1-3H3. The van der Waals surface area contributed by atoms with Gasteiger partial charge in [0.05, 0.1) is 30.2 Å². The number of rotatable bonds is 4. The van der Waals surface area contributed by atoms with Crippen LogP contribution in [-0.4, -0.2) is 49.5 Å². The van der Waals surface area contributed by atoms with Gasteiger partial charge < -0.3 is 9.64 Å². The van der Waals surface area contributed by atoms with E-state index in [0.717, 1.165) is 24.1 Å². The molecule has 1 aliphatic rings. The lowest BCUT2D eigenvalue weighted by molar-refractivity contribution is 0.0372. The molecule has 0 saturated carbocycles. The average Bonchev–Trinajstić information content (AvgIpc) is 3.23. The van der Waals surface area contributed by atoms with Gasteiger partial charge in [0.1, 0.15) is 6.10 Å². The molecule has 7 nitrogen and oxygen atoms in total. The van der Waals surface area contributed by atoms with E-state index in [2.05, 4.69) is 22.1 Å². The molecule has 2 aromatic heterocycles. The maximum absolute atomic E-state index is 13.5. The average molecular weight is 391 g/mol. The molecule has 0 radical (unpaired) electrons. The zero-order valence-corrected chi connectivity index (χ0v) is 16.9. The molecule has 150 valence electrons. The number of carbonyl (C=O) groups excluding carboxylic acids is 1. The maximum Gasteiger partial charge on any atom is 0.256 e. The summed E-state index contributed by atoms with van der Waals surface area (Å²) in [6.45, 7) is 6.52. The van der Waals surface area contributed by atoms with Crippen molar-refractivity contribution in [3.63, 3.8) is 0 Å². The van der Waals surface area contributed by atoms with Crippen molar-refractivity contribution in [3.05, 3.63) is 65.6 Å². The molecule has 1 fully saturated rings. The molecule has 7 heteroatoms. The van der Waals surface area contributed by atoms with Gasteiger partial charge in [-0.1, -0.05) is 17.7 Å². The fraction of sp³-hybridized carbons (Fsp3) is 0.364. The van der Waals surface area contributed by atoms with E-state index < -0.39 is 0 Å². The first-order chi connectivity index (χ1) is 14.0. The van der Waals surface area contributed by atoms with E-state index in [1.807, 2.05) is 55.1 Å². The number of hydrogen-bond acceptors (Lipinski definition) is 5. The van der Waals surface area contributed by atoms with Crippen molar-refractivity contribution < 1.29 is 9.53 Å². The van der Waals surface area contributed by atoms with Crippen LogP contribution in [0, 0.1) is 13.8 Å². The second kappa shape index (κ2) is 8.03. The van der Waals surface area contributed by atoms with Crippen molar-refractivity contribution in [1.29, 1.82) is 0 Å². The van der Waals surface area contributed by atoms with Gasteiger partial charge in [-0.15, -0.1) is 0 Å². The number of hydrogen-bond donors (Lipinski definition) is 0. The Morgan fingerprint density at radius 2 is 1.90 bits per heavy atom. The highest BCUT2D eigenvalue weighted by Gasteiger charge is 2.32. The quantitative estimate of drug-likeness (QED) is 0.682. The van der Waals surface area contributed by atoms with Gasteiger partial charge in [-0.05, 0) is 51.8 Å². The highest BCUT2D eigenvalue weighted by atomic mass is 16.5. The Labute approximate surface area is 170 Å². The van der Waals surface area contributed by atoms with Gasteiger partial charge in [0.2, 0.25) is 5.88 Å². The van der Waals surface area contributed by atoms with Gasteiger partial charge in [-0.25, -0.2) is 4.98 Å². The number of ether oxygens (including phenoxy) is 1. The summed E-state index contributed by atoms with van der Waals surface area (Å²) >= 11 is 0. The van der Waals surface area contributed by atoms with Crippen molar-refractivity contribution >= 4 is 5.91 Å². The molecule has 3 aromatic rings. The lowest BCUT2D eigenvalue weighted by Crippen LogP contribution is -2.49. The number of nitrogens with zero attached hydrogens (tertiary/aromatic N) is 5. The van der Waals surface area contributed by atoms with Gasteiger partial charge in [0.15, 0.2) is 0 Å². The third kappa shape index (κ3) is 4.13. The van der Waals surface area contributed by atoms with Crippen molar-refractivity contribution in [2.75, 3.05) is 6.54 Å². The van der Waals surface area contributed by atoms with Crippen molar-refractivity contribution in [2.45, 2.75) is 45.8 Å². The van der Waals surface area contributed by atoms with Crippen molar-refractivity contribution in [2.24, 2.45) is 0 Å². The Bertz CT molecular complexity index is 1000. The molecule has 0 bridgehead atoms. The Morgan fingerprint density at radius 3 is 2.66 bits per heavy atom. The summed E-state index contributed by atoms with van der Waals surface area (Å²) in [5, 5.41) is 8.41. The number of carbonyl (C=O) groups is 1. The molecular weight excluding hydrogens is 366 g/mol. The molecule has 0 aliphatic carbocycles. The van der Waals surface area contributed by atoms with Crippen LogP contribution in [0.1, 0.15) is 41.4 Å². The van der Waals surface area contributed by atoms with Crippen LogP contribution in [0.3, 0.4) is 0 Å². The van der Waals surface area contributed by atoms with Crippen LogP contribution in [0.2, 0.25) is 0 Å². The molecule has 1 aliphatic heterocycles. The molecule has 2 atom stereocenters. The van der Waals surface area contributed by atoms with E-state index in [9.17, 15) is 4.79 Å². The number of aromatic nitrogens is 4. The van der Waals surface area contributed by atoms with Crippen LogP contribution in [0.25, 0.3) is 5.69 Å². The molecule has 0 N–H and O–H groups in total. The van der Waals surface area contributed by atoms with Gasteiger partial charge in [-0.3, -0.25) is 4.79 Å². The largest absolute Gasteiger partial charge is 0.472 e. The predicted molar refractivity (Wildman–Crippen MR) is 109 cm³/mol. The van der Waals surface area contributed by atoms with Crippen molar-refractivity contribution in [3.8, 4) is 11.6 Å². The van der Waals surface area contributed by atoms with Crippen LogP contribution < -0.4 is 4.74 Å². The number of likely N-dealkylation sites (tertiary alicyclic amines) is 1. The molecule has 0 spiro atoms. The zero-order valence-electron chi connectivity index (χ0n) is 16.9. The SMILES string of the molecule is Cc1ccc(-n2nccn2)c(C(=O)N2CC(Oc3cccc(C)n3)CCC2C)c1. The summed E-state index contributed by atoms with van der Waals surface area (Å²) in [4.78, 5) is 21.3. The Hall–Kier alpha value is -3.22. The van der Waals surface area contributed by atoms with Gasteiger partial charge in [-0.2, -0.15) is 15.0 Å². The van der Waals surface area contributed by atoms with Crippen LogP contribution in [0.5, 0.6) is 5.88 Å². The van der Waals surface area contributed by atoms with E-state index in [4.69, 9.17) is 4.74 Å². The minimum Gasteiger partial charge on any atom is -0.472 e. The van der Waals surface area contributed by atoms with E-state index in [1.165, 1.54) is 4.80 Å². The summed E-state index contributed by atoms with van der Waals surface area (Å²) in [6, 6.07) is 11.6. The summed E-state index contributed by atoms with van der Waals surface area (Å²) in [5.74, 6) is 0.577. The first kappa shape index (κ1) is 19.1. The van der Waals surface area contributed by atoms with Crippen LogP contribution >= 0.6 is 0 Å². The highest BCUT2D eigenvalue weighted by molar-refractivity contribution is 5.98. The molecule has 1 amide bonds. The Balaban J connectivity index is 1.58. The Kier molecular flexibility index (Phi) is 5.29. The highest BCUT2D eigenvalue weighted by Crippen LogP contribution is 2.25. The third-order valence-electron chi connectivity index (χ3n) is 5.27. The fourth-order valence-corrected chi connectivity index (χ4v) is 3.70. The predicted octanol–water partition coefficient (Wildman–Crippen LogP) is 3.35. The van der Waals surface area contributed by atoms with Gasteiger partial charge in [0, 0.05) is 17.8 Å². The van der Waals surface area contributed by atoms with Gasteiger partial charge >= 0.3 is 0 Å². The van der Waals surface area contributed by atoms with Crippen LogP contribution in [0.15, 0.2) is 48.8 Å². The number of piperidine rings is 1. The van der Waals surface area contributed by atoms with Gasteiger partial charge in [0.25, 0.3) is 5.91 Å². The first-order valence-corrected chi connectivity index (χ1v) is 9.90. The second-order valence-corrected chi connectivity index (χ2v) is 7.58. The number of pyridine rings is 1. The fourth-order valence-electron chi connectivity index (χ4n) is 3.70. The van der Waals surface area contributed by atoms with Crippen LogP contribution in [-0.2, 0) is 0 Å². The zero-order chi connectivity index (χ0) is 20.4. The lowest BCUT2D eigenvalue weighted by atomic mass is 9.99. The van der Waals surface area contributed by atoms with E-state index in [0.29, 0.717) is 23.7 Å². The summed E-state index contributed by atoms with van der Waals surface area (Å²) in [6.07, 6.45) is 4.90. The van der Waals surface area contributed by atoms with E-state index in [-0.39, 0.29) is 18.1 Å². The topological polar surface area (TPSA) is 73.1 Å². The minimum absolute atomic E-state index is 0.0287. The molecule has 3 heterocycles. The molecule has 4 rings (SSSR count). The van der Waals surface area contributed by atoms with Crippen molar-refractivity contribution in [1.82, 2.24) is 24.9 Å². The lowest BCUT2D eigenvalue weighted by Gasteiger charge is -2.38. The number of amides is 1. The monoisotopic (exact) mass is 391 g/mol. The molecule has 2 unspecified atom stereocenters. The van der Waals surface area contributed by atoms with E-state index >= 15 is 0 Å². The maximum atomic E-state index is 13.5. The number of benzene rings is 1. The molecule has 1 saturated heterocycles. The Morgan fingerprint density at radius 1 is 1.10 bits per heavy atom. The smallest absolute Gasteiger partial charge is 0.256 e. The molecular formula is C22H25N5O2.